The van der Waals surface area contributed by atoms with E-state index in [4.69, 9.17) is 10.5 Å². The summed E-state index contributed by atoms with van der Waals surface area (Å²) in [5.74, 6) is 0.417. The van der Waals surface area contributed by atoms with Crippen molar-refractivity contribution in [3.63, 3.8) is 0 Å². The van der Waals surface area contributed by atoms with Gasteiger partial charge in [0, 0.05) is 38.7 Å². The normalized spacial score (nSPS) is 25.8. The van der Waals surface area contributed by atoms with Crippen molar-refractivity contribution < 1.29 is 9.53 Å². The zero-order chi connectivity index (χ0) is 15.1. The molecule has 2 fully saturated rings. The lowest BCUT2D eigenvalue weighted by atomic mass is 10.0. The van der Waals surface area contributed by atoms with Gasteiger partial charge in [0.1, 0.15) is 0 Å². The smallest absolute Gasteiger partial charge is 0.225 e. The van der Waals surface area contributed by atoms with E-state index in [0.717, 1.165) is 58.6 Å². The standard InChI is InChI=1S/C16H31N3O2/c1-14(5-2-7-17)16(20)19-9-4-8-18(10-11-19)13-15-6-3-12-21-15/h14-15H,2-13,17H2,1H3. The molecular weight excluding hydrogens is 266 g/mol. The molecule has 0 radical (unpaired) electrons. The Morgan fingerprint density at radius 2 is 2.14 bits per heavy atom. The molecule has 5 heteroatoms. The van der Waals surface area contributed by atoms with Gasteiger partial charge in [-0.05, 0) is 45.2 Å². The summed E-state index contributed by atoms with van der Waals surface area (Å²) in [6, 6.07) is 0. The van der Waals surface area contributed by atoms with Gasteiger partial charge in [-0.15, -0.1) is 0 Å². The Bertz CT molecular complexity index is 319. The molecule has 2 unspecified atom stereocenters. The molecule has 0 aromatic heterocycles. The van der Waals surface area contributed by atoms with Crippen molar-refractivity contribution in [2.45, 2.75) is 45.1 Å². The summed E-state index contributed by atoms with van der Waals surface area (Å²) in [4.78, 5) is 17.0. The molecule has 2 N–H and O–H groups in total. The molecule has 0 aromatic rings. The fourth-order valence-electron chi connectivity index (χ4n) is 3.31. The average Bonchev–Trinajstić information content (AvgIpc) is 2.89. The maximum atomic E-state index is 12.4. The summed E-state index contributed by atoms with van der Waals surface area (Å²) in [6.45, 7) is 8.48. The number of nitrogens with two attached hydrogens (primary N) is 1. The molecule has 2 aliphatic heterocycles. The van der Waals surface area contributed by atoms with E-state index >= 15 is 0 Å². The lowest BCUT2D eigenvalue weighted by Crippen LogP contribution is -2.39. The number of hydrogen-bond donors (Lipinski definition) is 1. The number of nitrogens with zero attached hydrogens (tertiary/aromatic N) is 2. The van der Waals surface area contributed by atoms with E-state index in [2.05, 4.69) is 9.80 Å². The molecule has 0 bridgehead atoms. The Morgan fingerprint density at radius 3 is 2.86 bits per heavy atom. The maximum absolute atomic E-state index is 12.4. The van der Waals surface area contributed by atoms with Crippen molar-refractivity contribution in [2.24, 2.45) is 11.7 Å². The molecule has 21 heavy (non-hydrogen) atoms. The quantitative estimate of drug-likeness (QED) is 0.797. The van der Waals surface area contributed by atoms with Gasteiger partial charge in [0.25, 0.3) is 0 Å². The Kier molecular flexibility index (Phi) is 6.93. The van der Waals surface area contributed by atoms with Crippen molar-refractivity contribution >= 4 is 5.91 Å². The topological polar surface area (TPSA) is 58.8 Å². The molecule has 2 saturated heterocycles. The molecule has 2 atom stereocenters. The van der Waals surface area contributed by atoms with Gasteiger partial charge in [-0.25, -0.2) is 0 Å². The van der Waals surface area contributed by atoms with Crippen LogP contribution in [0.5, 0.6) is 0 Å². The number of ether oxygens (including phenoxy) is 1. The second-order valence-electron chi connectivity index (χ2n) is 6.45. The summed E-state index contributed by atoms with van der Waals surface area (Å²) in [6.07, 6.45) is 5.71. The first-order valence-electron chi connectivity index (χ1n) is 8.53. The van der Waals surface area contributed by atoms with Crippen LogP contribution in [-0.4, -0.2) is 67.7 Å². The van der Waals surface area contributed by atoms with Crippen molar-refractivity contribution in [3.8, 4) is 0 Å². The lowest BCUT2D eigenvalue weighted by molar-refractivity contribution is -0.135. The highest BCUT2D eigenvalue weighted by molar-refractivity contribution is 5.78. The third-order valence-corrected chi connectivity index (χ3v) is 4.65. The van der Waals surface area contributed by atoms with Gasteiger partial charge in [0.05, 0.1) is 6.10 Å². The van der Waals surface area contributed by atoms with Crippen molar-refractivity contribution in [3.05, 3.63) is 0 Å². The van der Waals surface area contributed by atoms with E-state index in [0.29, 0.717) is 18.6 Å². The number of carbonyl (C=O) groups is 1. The molecule has 1 amide bonds. The third kappa shape index (κ3) is 5.24. The molecule has 0 aromatic carbocycles. The van der Waals surface area contributed by atoms with Crippen molar-refractivity contribution in [1.29, 1.82) is 0 Å². The molecule has 0 aliphatic carbocycles. The average molecular weight is 297 g/mol. The Morgan fingerprint density at radius 1 is 1.29 bits per heavy atom. The van der Waals surface area contributed by atoms with Gasteiger partial charge >= 0.3 is 0 Å². The molecular formula is C16H31N3O2. The van der Waals surface area contributed by atoms with Crippen LogP contribution in [0.3, 0.4) is 0 Å². The summed E-state index contributed by atoms with van der Waals surface area (Å²) in [7, 11) is 0. The SMILES string of the molecule is CC(CCCN)C(=O)N1CCCN(CC2CCCO2)CC1. The van der Waals surface area contributed by atoms with E-state index < -0.39 is 0 Å². The van der Waals surface area contributed by atoms with Crippen LogP contribution in [0.2, 0.25) is 0 Å². The first-order valence-corrected chi connectivity index (χ1v) is 8.53. The fourth-order valence-corrected chi connectivity index (χ4v) is 3.31. The Labute approximate surface area is 128 Å². The molecule has 0 saturated carbocycles. The highest BCUT2D eigenvalue weighted by Crippen LogP contribution is 2.16. The zero-order valence-corrected chi connectivity index (χ0v) is 13.4. The summed E-state index contributed by atoms with van der Waals surface area (Å²) >= 11 is 0. The molecule has 122 valence electrons. The van der Waals surface area contributed by atoms with E-state index in [1.165, 1.54) is 12.8 Å². The van der Waals surface area contributed by atoms with Gasteiger partial charge in [0.15, 0.2) is 0 Å². The first kappa shape index (κ1) is 16.7. The monoisotopic (exact) mass is 297 g/mol. The molecule has 2 rings (SSSR count). The van der Waals surface area contributed by atoms with Crippen molar-refractivity contribution in [1.82, 2.24) is 9.80 Å². The number of hydrogen-bond acceptors (Lipinski definition) is 4. The van der Waals surface area contributed by atoms with Crippen LogP contribution < -0.4 is 5.73 Å². The highest BCUT2D eigenvalue weighted by Gasteiger charge is 2.25. The minimum atomic E-state index is 0.110. The molecule has 2 aliphatic rings. The number of carbonyl (C=O) groups excluding carboxylic acids is 1. The summed E-state index contributed by atoms with van der Waals surface area (Å²) < 4.78 is 5.72. The first-order chi connectivity index (χ1) is 10.2. The third-order valence-electron chi connectivity index (χ3n) is 4.65. The minimum Gasteiger partial charge on any atom is -0.377 e. The van der Waals surface area contributed by atoms with E-state index in [1.54, 1.807) is 0 Å². The van der Waals surface area contributed by atoms with E-state index in [-0.39, 0.29) is 5.92 Å². The second-order valence-corrected chi connectivity index (χ2v) is 6.45. The predicted molar refractivity (Wildman–Crippen MR) is 84.1 cm³/mol. The van der Waals surface area contributed by atoms with Crippen LogP contribution in [0.25, 0.3) is 0 Å². The predicted octanol–water partition coefficient (Wildman–Crippen LogP) is 1.07. The second kappa shape index (κ2) is 8.71. The minimum absolute atomic E-state index is 0.110. The van der Waals surface area contributed by atoms with Gasteiger partial charge in [-0.1, -0.05) is 6.92 Å². The van der Waals surface area contributed by atoms with Crippen LogP contribution in [0.4, 0.5) is 0 Å². The number of rotatable bonds is 6. The largest absolute Gasteiger partial charge is 0.377 e. The highest BCUT2D eigenvalue weighted by atomic mass is 16.5. The van der Waals surface area contributed by atoms with Gasteiger partial charge in [-0.2, -0.15) is 0 Å². The Balaban J connectivity index is 1.75. The van der Waals surface area contributed by atoms with Crippen LogP contribution in [0, 0.1) is 5.92 Å². The lowest BCUT2D eigenvalue weighted by Gasteiger charge is -2.25. The molecule has 2 heterocycles. The van der Waals surface area contributed by atoms with Gasteiger partial charge in [0.2, 0.25) is 5.91 Å². The van der Waals surface area contributed by atoms with Crippen molar-refractivity contribution in [2.75, 3.05) is 45.9 Å². The van der Waals surface area contributed by atoms with Gasteiger partial charge in [-0.3, -0.25) is 9.69 Å². The van der Waals surface area contributed by atoms with Crippen LogP contribution in [0.1, 0.15) is 39.0 Å². The zero-order valence-electron chi connectivity index (χ0n) is 13.4. The summed E-state index contributed by atoms with van der Waals surface area (Å²) in [5.41, 5.74) is 5.53. The molecule has 0 spiro atoms. The van der Waals surface area contributed by atoms with Gasteiger partial charge < -0.3 is 15.4 Å². The Hall–Kier alpha value is -0.650. The van der Waals surface area contributed by atoms with Crippen LogP contribution >= 0.6 is 0 Å². The van der Waals surface area contributed by atoms with Crippen LogP contribution in [-0.2, 0) is 9.53 Å². The van der Waals surface area contributed by atoms with E-state index in [9.17, 15) is 4.79 Å². The van der Waals surface area contributed by atoms with Crippen LogP contribution in [0.15, 0.2) is 0 Å². The fraction of sp³-hybridized carbons (Fsp3) is 0.938. The molecule has 5 nitrogen and oxygen atoms in total. The van der Waals surface area contributed by atoms with E-state index in [1.807, 2.05) is 6.92 Å². The maximum Gasteiger partial charge on any atom is 0.225 e. The summed E-state index contributed by atoms with van der Waals surface area (Å²) in [5, 5.41) is 0. The number of amides is 1.